The van der Waals surface area contributed by atoms with Crippen LogP contribution in [0.15, 0.2) is 4.99 Å². The minimum Gasteiger partial charge on any atom is -0.370 e. The van der Waals surface area contributed by atoms with E-state index >= 15 is 0 Å². The van der Waals surface area contributed by atoms with Crippen LogP contribution in [0.5, 0.6) is 0 Å². The number of nitrogens with zero attached hydrogens (tertiary/aromatic N) is 1. The van der Waals surface area contributed by atoms with Crippen molar-refractivity contribution in [3.05, 3.63) is 0 Å². The van der Waals surface area contributed by atoms with Crippen LogP contribution in [-0.4, -0.2) is 28.8 Å². The van der Waals surface area contributed by atoms with Crippen LogP contribution in [0.1, 0.15) is 33.1 Å². The molecule has 0 aromatic rings. The number of aliphatic imine (C=N–C) groups is 1. The molecule has 1 atom stereocenters. The summed E-state index contributed by atoms with van der Waals surface area (Å²) >= 11 is 1.02. The van der Waals surface area contributed by atoms with Gasteiger partial charge in [0, 0.05) is 6.54 Å². The lowest BCUT2D eigenvalue weighted by Gasteiger charge is -2.10. The first-order valence-electron chi connectivity index (χ1n) is 5.60. The Labute approximate surface area is 106 Å². The molecule has 17 heavy (non-hydrogen) atoms. The number of guanidine groups is 1. The van der Waals surface area contributed by atoms with Crippen LogP contribution in [0.3, 0.4) is 0 Å². The third-order valence-corrected chi connectivity index (χ3v) is 2.85. The topological polar surface area (TPSA) is 117 Å². The summed E-state index contributed by atoms with van der Waals surface area (Å²) in [6, 6.07) is 0. The number of rotatable bonds is 6. The van der Waals surface area contributed by atoms with E-state index in [1.165, 1.54) is 0 Å². The first-order chi connectivity index (χ1) is 7.97. The Balaban J connectivity index is 3.89. The van der Waals surface area contributed by atoms with Gasteiger partial charge in [-0.1, -0.05) is 31.5 Å². The number of nitrogens with one attached hydrogen (secondary N) is 2. The zero-order chi connectivity index (χ0) is 13.3. The standard InChI is InChI=1S/C10H21N5OS/c1-3-4-5-6-14-8(16)7(2)17-10(13)15-9(11)12/h7H,3-6H2,1-2H3,(H,14,16)(H5,11,12,13,15). The molecular weight excluding hydrogens is 238 g/mol. The number of hydrogen-bond donors (Lipinski definition) is 4. The summed E-state index contributed by atoms with van der Waals surface area (Å²) in [4.78, 5) is 15.1. The predicted molar refractivity (Wildman–Crippen MR) is 73.1 cm³/mol. The van der Waals surface area contributed by atoms with Crippen molar-refractivity contribution in [1.29, 1.82) is 5.41 Å². The summed E-state index contributed by atoms with van der Waals surface area (Å²) in [6.45, 7) is 4.50. The maximum atomic E-state index is 11.6. The van der Waals surface area contributed by atoms with Crippen molar-refractivity contribution in [2.24, 2.45) is 16.5 Å². The third-order valence-electron chi connectivity index (χ3n) is 1.97. The maximum absolute atomic E-state index is 11.6. The first kappa shape index (κ1) is 15.8. The monoisotopic (exact) mass is 259 g/mol. The second kappa shape index (κ2) is 8.86. The molecule has 0 aliphatic heterocycles. The second-order valence-electron chi connectivity index (χ2n) is 3.60. The Kier molecular flexibility index (Phi) is 8.21. The lowest BCUT2D eigenvalue weighted by molar-refractivity contribution is -0.120. The van der Waals surface area contributed by atoms with Crippen LogP contribution >= 0.6 is 11.8 Å². The number of thioether (sulfide) groups is 1. The molecule has 6 N–H and O–H groups in total. The minimum absolute atomic E-state index is 0.0544. The molecule has 0 aliphatic carbocycles. The van der Waals surface area contributed by atoms with Crippen LogP contribution in [0, 0.1) is 5.41 Å². The van der Waals surface area contributed by atoms with Gasteiger partial charge in [0.05, 0.1) is 5.25 Å². The summed E-state index contributed by atoms with van der Waals surface area (Å²) in [7, 11) is 0. The molecule has 0 bridgehead atoms. The molecule has 98 valence electrons. The van der Waals surface area contributed by atoms with Crippen molar-refractivity contribution in [3.63, 3.8) is 0 Å². The van der Waals surface area contributed by atoms with Gasteiger partial charge in [-0.05, 0) is 13.3 Å². The van der Waals surface area contributed by atoms with Gasteiger partial charge >= 0.3 is 0 Å². The van der Waals surface area contributed by atoms with Crippen LogP contribution in [-0.2, 0) is 4.79 Å². The highest BCUT2D eigenvalue weighted by atomic mass is 32.2. The van der Waals surface area contributed by atoms with E-state index in [1.807, 2.05) is 0 Å². The van der Waals surface area contributed by atoms with Gasteiger partial charge in [-0.15, -0.1) is 0 Å². The van der Waals surface area contributed by atoms with Gasteiger partial charge in [0.25, 0.3) is 0 Å². The fourth-order valence-corrected chi connectivity index (χ4v) is 1.78. The zero-order valence-corrected chi connectivity index (χ0v) is 11.1. The number of carbonyl (C=O) groups is 1. The molecule has 0 saturated carbocycles. The smallest absolute Gasteiger partial charge is 0.233 e. The van der Waals surface area contributed by atoms with Gasteiger partial charge in [-0.25, -0.2) is 0 Å². The summed E-state index contributed by atoms with van der Waals surface area (Å²) in [5.74, 6) is -0.264. The molecule has 0 fully saturated rings. The Morgan fingerprint density at radius 1 is 1.47 bits per heavy atom. The molecule has 0 spiro atoms. The lowest BCUT2D eigenvalue weighted by Crippen LogP contribution is -2.32. The number of amidine groups is 1. The van der Waals surface area contributed by atoms with Crippen molar-refractivity contribution in [1.82, 2.24) is 5.32 Å². The SMILES string of the molecule is CCCCCNC(=O)C(C)SC(=N)N=C(N)N. The van der Waals surface area contributed by atoms with E-state index in [0.29, 0.717) is 6.54 Å². The van der Waals surface area contributed by atoms with Crippen LogP contribution < -0.4 is 16.8 Å². The molecule has 1 unspecified atom stereocenters. The van der Waals surface area contributed by atoms with E-state index in [-0.39, 0.29) is 22.3 Å². The molecule has 6 nitrogen and oxygen atoms in total. The van der Waals surface area contributed by atoms with E-state index in [0.717, 1.165) is 31.0 Å². The van der Waals surface area contributed by atoms with Crippen LogP contribution in [0.2, 0.25) is 0 Å². The molecule has 0 heterocycles. The summed E-state index contributed by atoms with van der Waals surface area (Å²) in [5, 5.41) is 9.81. The number of carbonyl (C=O) groups excluding carboxylic acids is 1. The van der Waals surface area contributed by atoms with E-state index in [2.05, 4.69) is 17.2 Å². The van der Waals surface area contributed by atoms with E-state index in [9.17, 15) is 4.79 Å². The molecule has 0 rings (SSSR count). The quantitative estimate of drug-likeness (QED) is 0.318. The Morgan fingerprint density at radius 2 is 2.12 bits per heavy atom. The predicted octanol–water partition coefficient (Wildman–Crippen LogP) is 0.623. The molecule has 1 amide bonds. The highest BCUT2D eigenvalue weighted by Gasteiger charge is 2.15. The van der Waals surface area contributed by atoms with Gasteiger partial charge in [0.2, 0.25) is 5.91 Å². The van der Waals surface area contributed by atoms with Gasteiger partial charge in [-0.2, -0.15) is 4.99 Å². The van der Waals surface area contributed by atoms with Gasteiger partial charge in [0.15, 0.2) is 11.1 Å². The molecule has 0 aromatic heterocycles. The fraction of sp³-hybridized carbons (Fsp3) is 0.700. The van der Waals surface area contributed by atoms with E-state index in [4.69, 9.17) is 16.9 Å². The highest BCUT2D eigenvalue weighted by Crippen LogP contribution is 2.12. The summed E-state index contributed by atoms with van der Waals surface area (Å²) < 4.78 is 0. The molecule has 0 saturated heterocycles. The van der Waals surface area contributed by atoms with Crippen molar-refractivity contribution >= 4 is 28.8 Å². The number of amides is 1. The van der Waals surface area contributed by atoms with Gasteiger partial charge < -0.3 is 16.8 Å². The summed E-state index contributed by atoms with van der Waals surface area (Å²) in [6.07, 6.45) is 3.20. The van der Waals surface area contributed by atoms with Crippen molar-refractivity contribution in [2.75, 3.05) is 6.54 Å². The summed E-state index contributed by atoms with van der Waals surface area (Å²) in [5.41, 5.74) is 10.3. The minimum atomic E-state index is -0.368. The van der Waals surface area contributed by atoms with Crippen molar-refractivity contribution < 1.29 is 4.79 Å². The number of hydrogen-bond acceptors (Lipinski definition) is 3. The maximum Gasteiger partial charge on any atom is 0.233 e. The molecule has 0 radical (unpaired) electrons. The van der Waals surface area contributed by atoms with Crippen molar-refractivity contribution in [2.45, 2.75) is 38.4 Å². The van der Waals surface area contributed by atoms with Gasteiger partial charge in [0.1, 0.15) is 0 Å². The first-order valence-corrected chi connectivity index (χ1v) is 6.47. The largest absolute Gasteiger partial charge is 0.370 e. The molecule has 0 aromatic carbocycles. The third kappa shape index (κ3) is 8.56. The van der Waals surface area contributed by atoms with Gasteiger partial charge in [-0.3, -0.25) is 10.2 Å². The molecule has 7 heteroatoms. The lowest BCUT2D eigenvalue weighted by atomic mass is 10.2. The molecular formula is C10H21N5OS. The van der Waals surface area contributed by atoms with E-state index < -0.39 is 0 Å². The zero-order valence-electron chi connectivity index (χ0n) is 10.3. The number of nitrogens with two attached hydrogens (primary N) is 2. The highest BCUT2D eigenvalue weighted by molar-refractivity contribution is 8.14. The Bertz CT molecular complexity index is 288. The normalized spacial score (nSPS) is 11.6. The van der Waals surface area contributed by atoms with E-state index in [1.54, 1.807) is 6.92 Å². The fourth-order valence-electron chi connectivity index (χ4n) is 1.09. The average molecular weight is 259 g/mol. The Hall–Kier alpha value is -1.24. The Morgan fingerprint density at radius 3 is 2.65 bits per heavy atom. The second-order valence-corrected chi connectivity index (χ2v) is 4.93. The molecule has 0 aliphatic rings. The van der Waals surface area contributed by atoms with Crippen LogP contribution in [0.25, 0.3) is 0 Å². The number of unbranched alkanes of at least 4 members (excludes halogenated alkanes) is 2. The van der Waals surface area contributed by atoms with Crippen LogP contribution in [0.4, 0.5) is 0 Å². The average Bonchev–Trinajstić information content (AvgIpc) is 2.22. The van der Waals surface area contributed by atoms with Crippen molar-refractivity contribution in [3.8, 4) is 0 Å².